The van der Waals surface area contributed by atoms with Gasteiger partial charge < -0.3 is 0 Å². The molecule has 0 radical (unpaired) electrons. The lowest BCUT2D eigenvalue weighted by molar-refractivity contribution is 0.498. The third kappa shape index (κ3) is 4.55. The Kier molecular flexibility index (Phi) is 5.51. The Balaban J connectivity index is 2.32. The Hall–Kier alpha value is 0.430. The maximum absolute atomic E-state index is 11.9. The monoisotopic (exact) mass is 324 g/mol. The van der Waals surface area contributed by atoms with E-state index in [1.807, 2.05) is 0 Å². The van der Waals surface area contributed by atoms with E-state index in [4.69, 9.17) is 0 Å². The summed E-state index contributed by atoms with van der Waals surface area (Å²) in [6, 6.07) is 0. The van der Waals surface area contributed by atoms with Crippen LogP contribution in [0.4, 0.5) is 0 Å². The fourth-order valence-electron chi connectivity index (χ4n) is 2.33. The minimum Gasteiger partial charge on any atom is -0.228 e. The molecular weight excluding hydrogens is 300 g/mol. The molecule has 4 heteroatoms. The minimum absolute atomic E-state index is 0.325. The van der Waals surface area contributed by atoms with Crippen LogP contribution in [-0.2, 0) is 9.84 Å². The van der Waals surface area contributed by atoms with E-state index in [1.54, 1.807) is 20.8 Å². The van der Waals surface area contributed by atoms with Crippen LogP contribution in [0.2, 0.25) is 0 Å². The summed E-state index contributed by atoms with van der Waals surface area (Å²) in [5, 5.41) is 0. The normalized spacial score (nSPS) is 20.7. The summed E-state index contributed by atoms with van der Waals surface area (Å²) in [6.45, 7) is 5.35. The van der Waals surface area contributed by atoms with Gasteiger partial charge in [-0.1, -0.05) is 28.8 Å². The predicted octanol–water partition coefficient (Wildman–Crippen LogP) is 3.93. The highest BCUT2D eigenvalue weighted by Gasteiger charge is 2.29. The van der Waals surface area contributed by atoms with Gasteiger partial charge in [0.15, 0.2) is 9.84 Å². The third-order valence-corrected chi connectivity index (χ3v) is 7.63. The largest absolute Gasteiger partial charge is 0.228 e. The molecule has 0 aromatic heterocycles. The summed E-state index contributed by atoms with van der Waals surface area (Å²) in [4.78, 5) is 0.514. The fraction of sp³-hybridized carbons (Fsp3) is 1.00. The summed E-state index contributed by atoms with van der Waals surface area (Å²) in [5.74, 6) is 1.10. The van der Waals surface area contributed by atoms with Crippen molar-refractivity contribution in [1.82, 2.24) is 0 Å². The second-order valence-corrected chi connectivity index (χ2v) is 10.2. The topological polar surface area (TPSA) is 34.1 Å². The van der Waals surface area contributed by atoms with Crippen LogP contribution >= 0.6 is 15.9 Å². The second kappa shape index (κ2) is 6.05. The number of sulfone groups is 1. The highest BCUT2D eigenvalue weighted by Crippen LogP contribution is 2.33. The molecule has 0 spiro atoms. The summed E-state index contributed by atoms with van der Waals surface area (Å²) >= 11 is 3.73. The first kappa shape index (κ1) is 15.5. The van der Waals surface area contributed by atoms with Crippen molar-refractivity contribution in [2.75, 3.05) is 5.75 Å². The van der Waals surface area contributed by atoms with Crippen LogP contribution < -0.4 is 0 Å². The molecule has 0 aromatic carbocycles. The molecule has 1 aliphatic carbocycles. The second-order valence-electron chi connectivity index (χ2n) is 6.13. The maximum Gasteiger partial charge on any atom is 0.155 e. The zero-order valence-corrected chi connectivity index (χ0v) is 13.6. The zero-order chi connectivity index (χ0) is 13.1. The first-order valence-corrected chi connectivity index (χ1v) is 9.17. The van der Waals surface area contributed by atoms with E-state index in [-0.39, 0.29) is 0 Å². The third-order valence-electron chi connectivity index (χ3n) is 3.74. The molecule has 1 fully saturated rings. The molecular formula is C13H25BrO2S. The smallest absolute Gasteiger partial charge is 0.155 e. The van der Waals surface area contributed by atoms with Crippen molar-refractivity contribution >= 4 is 25.8 Å². The number of hydrogen-bond acceptors (Lipinski definition) is 2. The van der Waals surface area contributed by atoms with Gasteiger partial charge >= 0.3 is 0 Å². The van der Waals surface area contributed by atoms with E-state index < -0.39 is 14.6 Å². The first-order chi connectivity index (χ1) is 7.74. The van der Waals surface area contributed by atoms with Gasteiger partial charge in [0.05, 0.1) is 10.5 Å². The van der Waals surface area contributed by atoms with Gasteiger partial charge in [0.1, 0.15) is 0 Å². The van der Waals surface area contributed by atoms with E-state index in [0.717, 1.165) is 18.8 Å². The Morgan fingerprint density at radius 1 is 1.24 bits per heavy atom. The van der Waals surface area contributed by atoms with Gasteiger partial charge in [0.25, 0.3) is 0 Å². The van der Waals surface area contributed by atoms with Crippen molar-refractivity contribution in [1.29, 1.82) is 0 Å². The van der Waals surface area contributed by atoms with E-state index >= 15 is 0 Å². The predicted molar refractivity (Wildman–Crippen MR) is 77.4 cm³/mol. The quantitative estimate of drug-likeness (QED) is 0.718. The Labute approximate surface area is 115 Å². The van der Waals surface area contributed by atoms with Crippen LogP contribution in [0.1, 0.15) is 59.3 Å². The SMILES string of the molecule is CC(C)(C)S(=O)(=O)CCCC(Br)C1CCCC1. The van der Waals surface area contributed by atoms with Crippen molar-refractivity contribution in [3.8, 4) is 0 Å². The van der Waals surface area contributed by atoms with Crippen LogP contribution in [-0.4, -0.2) is 23.7 Å². The molecule has 0 saturated heterocycles. The molecule has 0 aromatic rings. The average Bonchev–Trinajstić information content (AvgIpc) is 2.67. The van der Waals surface area contributed by atoms with E-state index in [9.17, 15) is 8.42 Å². The standard InChI is InChI=1S/C13H25BrO2S/c1-13(2,3)17(15,16)10-6-9-12(14)11-7-4-5-8-11/h11-12H,4-10H2,1-3H3. The summed E-state index contributed by atoms with van der Waals surface area (Å²) in [6.07, 6.45) is 7.07. The van der Waals surface area contributed by atoms with Crippen molar-refractivity contribution in [3.05, 3.63) is 0 Å². The van der Waals surface area contributed by atoms with Gasteiger partial charge in [-0.05, 0) is 52.4 Å². The number of hydrogen-bond donors (Lipinski definition) is 0. The first-order valence-electron chi connectivity index (χ1n) is 6.60. The Morgan fingerprint density at radius 3 is 2.24 bits per heavy atom. The molecule has 0 N–H and O–H groups in total. The summed E-state index contributed by atoms with van der Waals surface area (Å²) in [7, 11) is -2.94. The van der Waals surface area contributed by atoms with Gasteiger partial charge in [-0.25, -0.2) is 8.42 Å². The fourth-order valence-corrected chi connectivity index (χ4v) is 4.34. The summed E-state index contributed by atoms with van der Waals surface area (Å²) in [5.41, 5.74) is 0. The van der Waals surface area contributed by atoms with Gasteiger partial charge in [-0.2, -0.15) is 0 Å². The van der Waals surface area contributed by atoms with E-state index in [0.29, 0.717) is 10.6 Å². The number of rotatable bonds is 5. The molecule has 0 heterocycles. The van der Waals surface area contributed by atoms with E-state index in [2.05, 4.69) is 15.9 Å². The van der Waals surface area contributed by atoms with Crippen LogP contribution in [0, 0.1) is 5.92 Å². The van der Waals surface area contributed by atoms with Gasteiger partial charge in [0.2, 0.25) is 0 Å². The minimum atomic E-state index is -2.94. The van der Waals surface area contributed by atoms with Crippen molar-refractivity contribution in [3.63, 3.8) is 0 Å². The highest BCUT2D eigenvalue weighted by molar-refractivity contribution is 9.09. The Bertz CT molecular complexity index is 324. The number of alkyl halides is 1. The van der Waals surface area contributed by atoms with Gasteiger partial charge in [-0.3, -0.25) is 0 Å². The lowest BCUT2D eigenvalue weighted by atomic mass is 10.0. The lowest BCUT2D eigenvalue weighted by Gasteiger charge is -2.21. The average molecular weight is 325 g/mol. The molecule has 1 saturated carbocycles. The van der Waals surface area contributed by atoms with Crippen LogP contribution in [0.5, 0.6) is 0 Å². The van der Waals surface area contributed by atoms with Crippen LogP contribution in [0.3, 0.4) is 0 Å². The van der Waals surface area contributed by atoms with E-state index in [1.165, 1.54) is 25.7 Å². The molecule has 1 rings (SSSR count). The van der Waals surface area contributed by atoms with Gasteiger partial charge in [-0.15, -0.1) is 0 Å². The van der Waals surface area contributed by atoms with Gasteiger partial charge in [0, 0.05) is 4.83 Å². The van der Waals surface area contributed by atoms with Crippen molar-refractivity contribution in [2.45, 2.75) is 68.9 Å². The molecule has 1 aliphatic rings. The molecule has 0 amide bonds. The maximum atomic E-state index is 11.9. The lowest BCUT2D eigenvalue weighted by Crippen LogP contribution is -2.30. The zero-order valence-electron chi connectivity index (χ0n) is 11.2. The van der Waals surface area contributed by atoms with Crippen molar-refractivity contribution in [2.24, 2.45) is 5.92 Å². The van der Waals surface area contributed by atoms with Crippen LogP contribution in [0.15, 0.2) is 0 Å². The molecule has 102 valence electrons. The molecule has 0 aliphatic heterocycles. The highest BCUT2D eigenvalue weighted by atomic mass is 79.9. The summed E-state index contributed by atoms with van der Waals surface area (Å²) < 4.78 is 23.3. The molecule has 2 nitrogen and oxygen atoms in total. The molecule has 1 unspecified atom stereocenters. The number of halogens is 1. The Morgan fingerprint density at radius 2 is 1.76 bits per heavy atom. The van der Waals surface area contributed by atoms with Crippen molar-refractivity contribution < 1.29 is 8.42 Å². The molecule has 17 heavy (non-hydrogen) atoms. The van der Waals surface area contributed by atoms with Crippen LogP contribution in [0.25, 0.3) is 0 Å². The molecule has 0 bridgehead atoms. The molecule has 1 atom stereocenters.